The second-order valence-corrected chi connectivity index (χ2v) is 6.13. The summed E-state index contributed by atoms with van der Waals surface area (Å²) in [6.07, 6.45) is 2.93. The molecule has 7 nitrogen and oxygen atoms in total. The lowest BCUT2D eigenvalue weighted by molar-refractivity contribution is -0.127. The Kier molecular flexibility index (Phi) is 6.85. The molecule has 130 valence electrons. The molecule has 1 atom stereocenters. The van der Waals surface area contributed by atoms with Gasteiger partial charge in [-0.25, -0.2) is 4.99 Å². The fourth-order valence-corrected chi connectivity index (χ4v) is 2.89. The summed E-state index contributed by atoms with van der Waals surface area (Å²) in [4.78, 5) is 22.6. The third kappa shape index (κ3) is 5.21. The van der Waals surface area contributed by atoms with Gasteiger partial charge in [0.15, 0.2) is 5.96 Å². The molecule has 0 aliphatic carbocycles. The average molecular weight is 323 g/mol. The van der Waals surface area contributed by atoms with Crippen molar-refractivity contribution >= 4 is 11.9 Å². The first kappa shape index (κ1) is 17.7. The predicted octanol–water partition coefficient (Wildman–Crippen LogP) is -0.387. The van der Waals surface area contributed by atoms with Gasteiger partial charge in [0.05, 0.1) is 13.2 Å². The smallest absolute Gasteiger partial charge is 0.243 e. The Hall–Kier alpha value is -1.60. The lowest BCUT2D eigenvalue weighted by Gasteiger charge is -2.32. The van der Waals surface area contributed by atoms with Crippen molar-refractivity contribution in [2.24, 2.45) is 4.99 Å². The van der Waals surface area contributed by atoms with Crippen LogP contribution >= 0.6 is 0 Å². The molecule has 0 spiro atoms. The van der Waals surface area contributed by atoms with Crippen LogP contribution in [-0.2, 0) is 9.53 Å². The van der Waals surface area contributed by atoms with E-state index in [1.54, 1.807) is 25.1 Å². The van der Waals surface area contributed by atoms with E-state index in [1.807, 2.05) is 0 Å². The number of amides is 1. The summed E-state index contributed by atoms with van der Waals surface area (Å²) in [6, 6.07) is 0.541. The summed E-state index contributed by atoms with van der Waals surface area (Å²) in [5.74, 6) is 0.808. The van der Waals surface area contributed by atoms with Crippen LogP contribution in [0.2, 0.25) is 0 Å². The van der Waals surface area contributed by atoms with Gasteiger partial charge >= 0.3 is 0 Å². The van der Waals surface area contributed by atoms with E-state index in [1.165, 1.54) is 0 Å². The van der Waals surface area contributed by atoms with Crippen molar-refractivity contribution in [3.63, 3.8) is 0 Å². The number of likely N-dealkylation sites (tertiary alicyclic amines) is 1. The molecule has 2 rings (SSSR count). The van der Waals surface area contributed by atoms with Gasteiger partial charge in [-0.3, -0.25) is 9.69 Å². The second kappa shape index (κ2) is 8.88. The summed E-state index contributed by atoms with van der Waals surface area (Å²) in [6.45, 7) is 10.1. The van der Waals surface area contributed by atoms with E-state index in [-0.39, 0.29) is 12.5 Å². The van der Waals surface area contributed by atoms with Crippen molar-refractivity contribution in [2.45, 2.75) is 12.5 Å². The van der Waals surface area contributed by atoms with Gasteiger partial charge in [0.25, 0.3) is 0 Å². The van der Waals surface area contributed by atoms with Crippen molar-refractivity contribution in [1.82, 2.24) is 20.0 Å². The fourth-order valence-electron chi connectivity index (χ4n) is 2.89. The molecule has 23 heavy (non-hydrogen) atoms. The normalized spacial score (nSPS) is 23.0. The number of aliphatic imine (C=N–C) groups is 1. The van der Waals surface area contributed by atoms with E-state index >= 15 is 0 Å². The molecule has 0 aromatic rings. The number of carbonyl (C=O) groups is 1. The third-order valence-electron chi connectivity index (χ3n) is 4.29. The van der Waals surface area contributed by atoms with Gasteiger partial charge in [-0.2, -0.15) is 0 Å². The summed E-state index contributed by atoms with van der Waals surface area (Å²) in [5, 5.41) is 3.27. The number of hydrogen-bond donors (Lipinski definition) is 1. The molecule has 2 heterocycles. The van der Waals surface area contributed by atoms with E-state index in [9.17, 15) is 4.79 Å². The molecular weight excluding hydrogens is 294 g/mol. The van der Waals surface area contributed by atoms with Crippen LogP contribution in [0.1, 0.15) is 6.42 Å². The van der Waals surface area contributed by atoms with Gasteiger partial charge in [0.1, 0.15) is 6.54 Å². The molecule has 1 N–H and O–H groups in total. The highest BCUT2D eigenvalue weighted by molar-refractivity contribution is 5.85. The molecule has 1 amide bonds. The van der Waals surface area contributed by atoms with Gasteiger partial charge in [0.2, 0.25) is 5.91 Å². The third-order valence-corrected chi connectivity index (χ3v) is 4.29. The zero-order valence-electron chi connectivity index (χ0n) is 14.3. The van der Waals surface area contributed by atoms with Gasteiger partial charge in [-0.15, -0.1) is 6.58 Å². The second-order valence-electron chi connectivity index (χ2n) is 6.13. The van der Waals surface area contributed by atoms with Gasteiger partial charge in [0, 0.05) is 52.9 Å². The number of rotatable bonds is 5. The molecule has 0 aromatic carbocycles. The Bertz CT molecular complexity index is 432. The number of morpholine rings is 1. The number of nitrogens with zero attached hydrogens (tertiary/aromatic N) is 4. The molecular formula is C16H29N5O2. The van der Waals surface area contributed by atoms with E-state index < -0.39 is 0 Å². The van der Waals surface area contributed by atoms with Crippen LogP contribution in [0, 0.1) is 0 Å². The van der Waals surface area contributed by atoms with E-state index in [2.05, 4.69) is 26.7 Å². The molecule has 0 radical (unpaired) electrons. The van der Waals surface area contributed by atoms with E-state index in [0.29, 0.717) is 12.6 Å². The largest absolute Gasteiger partial charge is 0.379 e. The van der Waals surface area contributed by atoms with Crippen LogP contribution in [0.4, 0.5) is 0 Å². The molecule has 0 aromatic heterocycles. The van der Waals surface area contributed by atoms with Crippen LogP contribution < -0.4 is 5.32 Å². The Labute approximate surface area is 139 Å². The molecule has 1 unspecified atom stereocenters. The maximum Gasteiger partial charge on any atom is 0.243 e. The van der Waals surface area contributed by atoms with E-state index in [4.69, 9.17) is 4.74 Å². The number of hydrogen-bond acceptors (Lipinski definition) is 4. The highest BCUT2D eigenvalue weighted by Gasteiger charge is 2.30. The SMILES string of the molecule is C=CCNC(=NCC(=O)N(C)C)N1CCC(N2CCOCC2)C1. The average Bonchev–Trinajstić information content (AvgIpc) is 3.05. The first-order valence-electron chi connectivity index (χ1n) is 8.28. The molecule has 7 heteroatoms. The lowest BCUT2D eigenvalue weighted by atomic mass is 10.2. The van der Waals surface area contributed by atoms with Crippen LogP contribution in [0.5, 0.6) is 0 Å². The molecule has 2 aliphatic rings. The number of guanidine groups is 1. The first-order chi connectivity index (χ1) is 11.1. The standard InChI is InChI=1S/C16H29N5O2/c1-4-6-17-16(18-12-15(22)19(2)3)21-7-5-14(13-21)20-8-10-23-11-9-20/h4,14H,1,5-13H2,2-3H3,(H,17,18). The number of carbonyl (C=O) groups excluding carboxylic acids is 1. The number of ether oxygens (including phenoxy) is 1. The van der Waals surface area contributed by atoms with Gasteiger partial charge in [-0.1, -0.05) is 6.08 Å². The monoisotopic (exact) mass is 323 g/mol. The molecule has 2 saturated heterocycles. The van der Waals surface area contributed by atoms with E-state index in [0.717, 1.165) is 51.8 Å². The molecule has 2 aliphatic heterocycles. The van der Waals surface area contributed by atoms with Crippen LogP contribution in [0.3, 0.4) is 0 Å². The predicted molar refractivity (Wildman–Crippen MR) is 91.6 cm³/mol. The number of nitrogens with one attached hydrogen (secondary N) is 1. The van der Waals surface area contributed by atoms with Crippen molar-refractivity contribution in [3.05, 3.63) is 12.7 Å². The van der Waals surface area contributed by atoms with Crippen LogP contribution in [-0.4, -0.2) is 99.2 Å². The summed E-state index contributed by atoms with van der Waals surface area (Å²) in [7, 11) is 3.50. The highest BCUT2D eigenvalue weighted by atomic mass is 16.5. The lowest BCUT2D eigenvalue weighted by Crippen LogP contribution is -2.47. The Balaban J connectivity index is 1.94. The Morgan fingerprint density at radius 2 is 2.13 bits per heavy atom. The van der Waals surface area contributed by atoms with Crippen molar-refractivity contribution < 1.29 is 9.53 Å². The highest BCUT2D eigenvalue weighted by Crippen LogP contribution is 2.17. The summed E-state index contributed by atoms with van der Waals surface area (Å²) in [5.41, 5.74) is 0. The van der Waals surface area contributed by atoms with Crippen LogP contribution in [0.25, 0.3) is 0 Å². The minimum atomic E-state index is 0.00632. The van der Waals surface area contributed by atoms with Crippen molar-refractivity contribution in [2.75, 3.05) is 66.6 Å². The maximum absolute atomic E-state index is 11.8. The molecule has 0 saturated carbocycles. The minimum Gasteiger partial charge on any atom is -0.379 e. The zero-order chi connectivity index (χ0) is 16.7. The Morgan fingerprint density at radius 1 is 1.39 bits per heavy atom. The summed E-state index contributed by atoms with van der Waals surface area (Å²) < 4.78 is 5.43. The minimum absolute atomic E-state index is 0.00632. The van der Waals surface area contributed by atoms with Crippen molar-refractivity contribution in [3.8, 4) is 0 Å². The Morgan fingerprint density at radius 3 is 2.78 bits per heavy atom. The topological polar surface area (TPSA) is 60.4 Å². The van der Waals surface area contributed by atoms with Crippen LogP contribution in [0.15, 0.2) is 17.6 Å². The first-order valence-corrected chi connectivity index (χ1v) is 8.28. The quantitative estimate of drug-likeness (QED) is 0.424. The molecule has 2 fully saturated rings. The summed E-state index contributed by atoms with van der Waals surface area (Å²) >= 11 is 0. The molecule has 0 bridgehead atoms. The van der Waals surface area contributed by atoms with Gasteiger partial charge < -0.3 is 19.9 Å². The maximum atomic E-state index is 11.8. The fraction of sp³-hybridized carbons (Fsp3) is 0.750. The number of likely N-dealkylation sites (N-methyl/N-ethyl adjacent to an activating group) is 1. The zero-order valence-corrected chi connectivity index (χ0v) is 14.3. The van der Waals surface area contributed by atoms with Crippen molar-refractivity contribution in [1.29, 1.82) is 0 Å². The van der Waals surface area contributed by atoms with Gasteiger partial charge in [-0.05, 0) is 6.42 Å².